The Hall–Kier alpha value is -0.440. The number of halogens is 3. The standard InChI is InChI=1S/C12H15BrF2/c1-8(2)5-10(13)6-9-3-4-11(14)7-12(9)15/h3-4,7-8,10H,5-6H2,1-2H3. The first-order chi connectivity index (χ1) is 6.99. The van der Waals surface area contributed by atoms with Crippen LogP contribution in [0.1, 0.15) is 25.8 Å². The summed E-state index contributed by atoms with van der Waals surface area (Å²) in [6.45, 7) is 4.24. The first-order valence-electron chi connectivity index (χ1n) is 5.07. The second kappa shape index (κ2) is 5.59. The third kappa shape index (κ3) is 4.29. The fourth-order valence-electron chi connectivity index (χ4n) is 1.52. The lowest BCUT2D eigenvalue weighted by atomic mass is 10.0. The minimum absolute atomic E-state index is 0.248. The molecule has 3 heteroatoms. The monoisotopic (exact) mass is 276 g/mol. The highest BCUT2D eigenvalue weighted by atomic mass is 79.9. The second-order valence-corrected chi connectivity index (χ2v) is 5.46. The first kappa shape index (κ1) is 12.6. The van der Waals surface area contributed by atoms with Crippen molar-refractivity contribution in [2.24, 2.45) is 5.92 Å². The maximum Gasteiger partial charge on any atom is 0.129 e. The molecule has 0 bridgehead atoms. The summed E-state index contributed by atoms with van der Waals surface area (Å²) in [5, 5.41) is 0. The molecule has 1 aromatic rings. The Kier molecular flexibility index (Phi) is 4.71. The number of hydrogen-bond acceptors (Lipinski definition) is 0. The van der Waals surface area contributed by atoms with Gasteiger partial charge in [0.05, 0.1) is 0 Å². The van der Waals surface area contributed by atoms with Gasteiger partial charge < -0.3 is 0 Å². The number of hydrogen-bond donors (Lipinski definition) is 0. The van der Waals surface area contributed by atoms with Gasteiger partial charge in [0.2, 0.25) is 0 Å². The molecule has 1 rings (SSSR count). The van der Waals surface area contributed by atoms with Crippen molar-refractivity contribution < 1.29 is 8.78 Å². The Balaban J connectivity index is 2.64. The molecule has 0 aromatic heterocycles. The fourth-order valence-corrected chi connectivity index (χ4v) is 2.62. The normalized spacial score (nSPS) is 13.2. The van der Waals surface area contributed by atoms with Crippen LogP contribution in [0.3, 0.4) is 0 Å². The molecule has 1 atom stereocenters. The molecule has 15 heavy (non-hydrogen) atoms. The molecular formula is C12H15BrF2. The zero-order valence-electron chi connectivity index (χ0n) is 8.93. The molecule has 0 aliphatic carbocycles. The van der Waals surface area contributed by atoms with Crippen LogP contribution in [0.5, 0.6) is 0 Å². The average Bonchev–Trinajstić information content (AvgIpc) is 2.08. The van der Waals surface area contributed by atoms with Crippen molar-refractivity contribution in [1.82, 2.24) is 0 Å². The van der Waals surface area contributed by atoms with Crippen LogP contribution in [0.2, 0.25) is 0 Å². The summed E-state index contributed by atoms with van der Waals surface area (Å²) < 4.78 is 25.9. The fraction of sp³-hybridized carbons (Fsp3) is 0.500. The van der Waals surface area contributed by atoms with E-state index >= 15 is 0 Å². The molecule has 1 unspecified atom stereocenters. The van der Waals surface area contributed by atoms with E-state index in [0.29, 0.717) is 17.9 Å². The molecule has 1 aromatic carbocycles. The Morgan fingerprint density at radius 1 is 1.27 bits per heavy atom. The van der Waals surface area contributed by atoms with Crippen molar-refractivity contribution in [2.45, 2.75) is 31.5 Å². The van der Waals surface area contributed by atoms with Gasteiger partial charge in [-0.25, -0.2) is 8.78 Å². The molecular weight excluding hydrogens is 262 g/mol. The van der Waals surface area contributed by atoms with Gasteiger partial charge in [-0.05, 0) is 30.4 Å². The smallest absolute Gasteiger partial charge is 0.129 e. The van der Waals surface area contributed by atoms with Crippen molar-refractivity contribution in [3.63, 3.8) is 0 Å². The lowest BCUT2D eigenvalue weighted by Crippen LogP contribution is -2.08. The summed E-state index contributed by atoms with van der Waals surface area (Å²) in [5.41, 5.74) is 0.568. The lowest BCUT2D eigenvalue weighted by Gasteiger charge is -2.12. The van der Waals surface area contributed by atoms with E-state index < -0.39 is 11.6 Å². The molecule has 84 valence electrons. The molecule has 0 radical (unpaired) electrons. The molecule has 0 nitrogen and oxygen atoms in total. The van der Waals surface area contributed by atoms with Crippen LogP contribution in [0.25, 0.3) is 0 Å². The van der Waals surface area contributed by atoms with Gasteiger partial charge in [0, 0.05) is 10.9 Å². The van der Waals surface area contributed by atoms with Gasteiger partial charge in [0.15, 0.2) is 0 Å². The molecule has 0 heterocycles. The summed E-state index contributed by atoms with van der Waals surface area (Å²) in [4.78, 5) is 0.248. The molecule has 0 saturated heterocycles. The van der Waals surface area contributed by atoms with E-state index in [1.165, 1.54) is 12.1 Å². The second-order valence-electron chi connectivity index (χ2n) is 4.17. The van der Waals surface area contributed by atoms with Crippen molar-refractivity contribution in [2.75, 3.05) is 0 Å². The summed E-state index contributed by atoms with van der Waals surface area (Å²) >= 11 is 3.51. The Bertz CT molecular complexity index is 323. The molecule has 0 N–H and O–H groups in total. The van der Waals surface area contributed by atoms with E-state index in [0.717, 1.165) is 12.5 Å². The molecule has 0 amide bonds. The third-order valence-corrected chi connectivity index (χ3v) is 2.88. The van der Waals surface area contributed by atoms with Crippen LogP contribution in [0.4, 0.5) is 8.78 Å². The van der Waals surface area contributed by atoms with Gasteiger partial charge in [0.1, 0.15) is 11.6 Å². The van der Waals surface area contributed by atoms with E-state index in [1.807, 2.05) is 0 Å². The van der Waals surface area contributed by atoms with Crippen molar-refractivity contribution >= 4 is 15.9 Å². The van der Waals surface area contributed by atoms with E-state index in [2.05, 4.69) is 29.8 Å². The van der Waals surface area contributed by atoms with Crippen LogP contribution in [-0.2, 0) is 6.42 Å². The summed E-state index contributed by atoms with van der Waals surface area (Å²) in [6.07, 6.45) is 1.58. The van der Waals surface area contributed by atoms with Crippen molar-refractivity contribution in [3.05, 3.63) is 35.4 Å². The Morgan fingerprint density at radius 3 is 2.47 bits per heavy atom. The third-order valence-electron chi connectivity index (χ3n) is 2.18. The predicted molar refractivity (Wildman–Crippen MR) is 62.2 cm³/mol. The van der Waals surface area contributed by atoms with Crippen LogP contribution in [0.15, 0.2) is 18.2 Å². The van der Waals surface area contributed by atoms with Crippen LogP contribution in [0, 0.1) is 17.6 Å². The highest BCUT2D eigenvalue weighted by Gasteiger charge is 2.11. The number of alkyl halides is 1. The Morgan fingerprint density at radius 2 is 1.93 bits per heavy atom. The molecule has 0 aliphatic rings. The van der Waals surface area contributed by atoms with Crippen molar-refractivity contribution in [1.29, 1.82) is 0 Å². The SMILES string of the molecule is CC(C)CC(Br)Cc1ccc(F)cc1F. The quantitative estimate of drug-likeness (QED) is 0.719. The molecule has 0 saturated carbocycles. The van der Waals surface area contributed by atoms with E-state index in [4.69, 9.17) is 0 Å². The Labute approximate surface area is 97.8 Å². The highest BCUT2D eigenvalue weighted by molar-refractivity contribution is 9.09. The van der Waals surface area contributed by atoms with Crippen molar-refractivity contribution in [3.8, 4) is 0 Å². The summed E-state index contributed by atoms with van der Waals surface area (Å²) in [7, 11) is 0. The minimum Gasteiger partial charge on any atom is -0.207 e. The molecule has 0 aliphatic heterocycles. The zero-order valence-corrected chi connectivity index (χ0v) is 10.5. The van der Waals surface area contributed by atoms with E-state index in [9.17, 15) is 8.78 Å². The van der Waals surface area contributed by atoms with E-state index in [-0.39, 0.29) is 4.83 Å². The predicted octanol–water partition coefficient (Wildman–Crippen LogP) is 4.32. The zero-order chi connectivity index (χ0) is 11.4. The summed E-state index contributed by atoms with van der Waals surface area (Å²) in [5.74, 6) is -0.410. The minimum atomic E-state index is -0.522. The van der Waals surface area contributed by atoms with Gasteiger partial charge in [0.25, 0.3) is 0 Å². The van der Waals surface area contributed by atoms with E-state index in [1.54, 1.807) is 0 Å². The topological polar surface area (TPSA) is 0 Å². The highest BCUT2D eigenvalue weighted by Crippen LogP contribution is 2.20. The van der Waals surface area contributed by atoms with Gasteiger partial charge in [-0.2, -0.15) is 0 Å². The average molecular weight is 277 g/mol. The lowest BCUT2D eigenvalue weighted by molar-refractivity contribution is 0.547. The van der Waals surface area contributed by atoms with Crippen LogP contribution < -0.4 is 0 Å². The van der Waals surface area contributed by atoms with Crippen LogP contribution >= 0.6 is 15.9 Å². The maximum absolute atomic E-state index is 13.3. The number of benzene rings is 1. The summed E-state index contributed by atoms with van der Waals surface area (Å²) in [6, 6.07) is 3.75. The molecule has 0 spiro atoms. The van der Waals surface area contributed by atoms with Gasteiger partial charge in [-0.15, -0.1) is 0 Å². The van der Waals surface area contributed by atoms with Gasteiger partial charge in [-0.1, -0.05) is 35.8 Å². The number of rotatable bonds is 4. The largest absolute Gasteiger partial charge is 0.207 e. The van der Waals surface area contributed by atoms with Crippen LogP contribution in [-0.4, -0.2) is 4.83 Å². The maximum atomic E-state index is 13.3. The van der Waals surface area contributed by atoms with Gasteiger partial charge >= 0.3 is 0 Å². The first-order valence-corrected chi connectivity index (χ1v) is 5.98. The van der Waals surface area contributed by atoms with Gasteiger partial charge in [-0.3, -0.25) is 0 Å². The molecule has 0 fully saturated rings.